The summed E-state index contributed by atoms with van der Waals surface area (Å²) in [6.07, 6.45) is 3.28. The van der Waals surface area contributed by atoms with Crippen LogP contribution < -0.4 is 32.3 Å². The first kappa shape index (κ1) is 37.1. The maximum atomic E-state index is 13.9. The van der Waals surface area contributed by atoms with Gasteiger partial charge in [-0.2, -0.15) is 11.8 Å². The molecule has 0 bridgehead atoms. The lowest BCUT2D eigenvalue weighted by molar-refractivity contribution is -0.134. The Labute approximate surface area is 280 Å². The van der Waals surface area contributed by atoms with Crippen LogP contribution in [0.1, 0.15) is 50.7 Å². The number of rotatable bonds is 18. The van der Waals surface area contributed by atoms with Crippen LogP contribution >= 0.6 is 11.8 Å². The molecule has 0 saturated carbocycles. The summed E-state index contributed by atoms with van der Waals surface area (Å²) in [7, 11) is 0. The minimum atomic E-state index is -1.11. The van der Waals surface area contributed by atoms with Gasteiger partial charge in [-0.05, 0) is 48.3 Å². The lowest BCUT2D eigenvalue weighted by atomic mass is 9.99. The third kappa shape index (κ3) is 12.4. The average Bonchev–Trinajstić information content (AvgIpc) is 3.48. The van der Waals surface area contributed by atoms with Crippen LogP contribution in [0.3, 0.4) is 0 Å². The third-order valence-electron chi connectivity index (χ3n) is 7.75. The van der Waals surface area contributed by atoms with Crippen molar-refractivity contribution in [2.75, 3.05) is 12.0 Å². The number of hydrogen-bond donors (Lipinski definition) is 6. The molecule has 1 aliphatic rings. The Balaban J connectivity index is 1.84. The van der Waals surface area contributed by atoms with Gasteiger partial charge in [0.2, 0.25) is 35.4 Å². The van der Waals surface area contributed by atoms with Crippen molar-refractivity contribution < 1.29 is 28.8 Å². The topological polar surface area (TPSA) is 189 Å². The molecule has 0 aliphatic carbocycles. The summed E-state index contributed by atoms with van der Waals surface area (Å²) in [6, 6.07) is 13.4. The lowest BCUT2D eigenvalue weighted by Crippen LogP contribution is -2.59. The Kier molecular flexibility index (Phi) is 14.7. The van der Waals surface area contributed by atoms with Gasteiger partial charge in [0.25, 0.3) is 0 Å². The first-order valence-corrected chi connectivity index (χ1v) is 17.2. The molecule has 0 radical (unpaired) electrons. The number of hydrogen-bond acceptors (Lipinski definition) is 7. The van der Waals surface area contributed by atoms with E-state index in [0.29, 0.717) is 18.6 Å². The van der Waals surface area contributed by atoms with Gasteiger partial charge in [0.15, 0.2) is 0 Å². The molecule has 0 aromatic heterocycles. The number of nitrogens with one attached hydrogen (secondary N) is 5. The van der Waals surface area contributed by atoms with Crippen molar-refractivity contribution in [1.29, 1.82) is 0 Å². The predicted octanol–water partition coefficient (Wildman–Crippen LogP) is 0.974. The molecule has 1 saturated heterocycles. The van der Waals surface area contributed by atoms with E-state index in [4.69, 9.17) is 5.73 Å². The highest BCUT2D eigenvalue weighted by atomic mass is 32.2. The number of primary amides is 1. The van der Waals surface area contributed by atoms with Crippen LogP contribution in [0.5, 0.6) is 0 Å². The van der Waals surface area contributed by atoms with Gasteiger partial charge in [0, 0.05) is 19.3 Å². The minimum Gasteiger partial charge on any atom is -0.368 e. The maximum absolute atomic E-state index is 13.9. The van der Waals surface area contributed by atoms with E-state index in [9.17, 15) is 28.8 Å². The number of carbonyl (C=O) groups excluding carboxylic acids is 6. The van der Waals surface area contributed by atoms with E-state index in [1.54, 1.807) is 0 Å². The Morgan fingerprint density at radius 3 is 1.74 bits per heavy atom. The van der Waals surface area contributed by atoms with Crippen molar-refractivity contribution in [3.8, 4) is 0 Å². The lowest BCUT2D eigenvalue weighted by Gasteiger charge is -2.27. The molecule has 7 N–H and O–H groups in total. The predicted molar refractivity (Wildman–Crippen MR) is 181 cm³/mol. The quantitative estimate of drug-likeness (QED) is 0.137. The summed E-state index contributed by atoms with van der Waals surface area (Å²) in [5, 5.41) is 13.7. The number of benzene rings is 2. The summed E-state index contributed by atoms with van der Waals surface area (Å²) in [6.45, 7) is 3.80. The van der Waals surface area contributed by atoms with Gasteiger partial charge in [-0.15, -0.1) is 0 Å². The van der Waals surface area contributed by atoms with Crippen molar-refractivity contribution in [1.82, 2.24) is 26.6 Å². The molecular formula is C34H46N6O6S. The second-order valence-electron chi connectivity index (χ2n) is 12.1. The van der Waals surface area contributed by atoms with E-state index in [2.05, 4.69) is 26.6 Å². The van der Waals surface area contributed by atoms with E-state index in [1.165, 1.54) is 11.8 Å². The number of amides is 6. The fourth-order valence-electron chi connectivity index (χ4n) is 5.24. The monoisotopic (exact) mass is 666 g/mol. The largest absolute Gasteiger partial charge is 0.368 e. The highest BCUT2D eigenvalue weighted by Crippen LogP contribution is 2.12. The fraction of sp³-hybridized carbons (Fsp3) is 0.471. The van der Waals surface area contributed by atoms with Gasteiger partial charge in [0.05, 0.1) is 0 Å². The highest BCUT2D eigenvalue weighted by molar-refractivity contribution is 7.98. The third-order valence-corrected chi connectivity index (χ3v) is 8.40. The average molecular weight is 667 g/mol. The van der Waals surface area contributed by atoms with Crippen molar-refractivity contribution in [3.63, 3.8) is 0 Å². The summed E-state index contributed by atoms with van der Waals surface area (Å²) in [4.78, 5) is 77.9. The zero-order chi connectivity index (χ0) is 34.3. The van der Waals surface area contributed by atoms with Crippen LogP contribution in [-0.4, -0.2) is 77.7 Å². The summed E-state index contributed by atoms with van der Waals surface area (Å²) >= 11 is 1.51. The molecular weight excluding hydrogens is 620 g/mol. The van der Waals surface area contributed by atoms with Crippen LogP contribution in [0.4, 0.5) is 0 Å². The molecule has 2 aromatic carbocycles. The van der Waals surface area contributed by atoms with Crippen LogP contribution in [-0.2, 0) is 41.6 Å². The van der Waals surface area contributed by atoms with Crippen molar-refractivity contribution in [2.45, 2.75) is 82.6 Å². The highest BCUT2D eigenvalue weighted by Gasteiger charge is 2.34. The molecule has 47 heavy (non-hydrogen) atoms. The fourth-order valence-corrected chi connectivity index (χ4v) is 5.71. The molecule has 13 heteroatoms. The Hall–Kier alpha value is -4.39. The molecule has 0 spiro atoms. The number of nitrogens with two attached hydrogens (primary N) is 1. The number of carbonyl (C=O) groups is 6. The van der Waals surface area contributed by atoms with Crippen LogP contribution in [0, 0.1) is 5.92 Å². The standard InChI is InChI=1S/C34H46N6O6S/c1-21(2)18-26(32(44)37-24(30(35)42)16-17-47-3)38-33(45)28(20-23-12-8-5-9-13-23)40-34(46)27(19-22-10-6-4-7-11-22)39-31(43)25-14-15-29(41)36-25/h4-13,21,24-28H,14-20H2,1-3H3,(H2,35,42)(H,36,41)(H,37,44)(H,38,45)(H,39,43)(H,40,46)/t24-,25-,26-,27-,28-/m0/s1. The SMILES string of the molecule is CSCC[C@H](NC(=O)[C@H](CC(C)C)NC(=O)[C@H](Cc1ccccc1)NC(=O)[C@H](Cc1ccccc1)NC(=O)[C@@H]1CCC(=O)N1)C(N)=O. The Bertz CT molecular complexity index is 1380. The van der Waals surface area contributed by atoms with Crippen molar-refractivity contribution >= 4 is 47.2 Å². The van der Waals surface area contributed by atoms with Gasteiger partial charge in [0.1, 0.15) is 30.2 Å². The summed E-state index contributed by atoms with van der Waals surface area (Å²) in [5.74, 6) is -2.53. The van der Waals surface area contributed by atoms with Gasteiger partial charge in [-0.3, -0.25) is 28.8 Å². The Morgan fingerprint density at radius 1 is 0.787 bits per heavy atom. The maximum Gasteiger partial charge on any atom is 0.243 e. The minimum absolute atomic E-state index is 0.00739. The van der Waals surface area contributed by atoms with Gasteiger partial charge in [-0.25, -0.2) is 0 Å². The van der Waals surface area contributed by atoms with E-state index in [-0.39, 0.29) is 37.5 Å². The molecule has 1 fully saturated rings. The van der Waals surface area contributed by atoms with Gasteiger partial charge in [-0.1, -0.05) is 74.5 Å². The van der Waals surface area contributed by atoms with E-state index < -0.39 is 59.7 Å². The molecule has 5 atom stereocenters. The molecule has 2 aromatic rings. The van der Waals surface area contributed by atoms with Crippen molar-refractivity contribution in [3.05, 3.63) is 71.8 Å². The molecule has 6 amide bonds. The van der Waals surface area contributed by atoms with E-state index in [1.807, 2.05) is 80.8 Å². The summed E-state index contributed by atoms with van der Waals surface area (Å²) < 4.78 is 0. The first-order chi connectivity index (χ1) is 22.5. The molecule has 12 nitrogen and oxygen atoms in total. The molecule has 1 aliphatic heterocycles. The number of thioether (sulfide) groups is 1. The van der Waals surface area contributed by atoms with Gasteiger partial charge < -0.3 is 32.3 Å². The molecule has 3 rings (SSSR count). The van der Waals surface area contributed by atoms with Crippen LogP contribution in [0.15, 0.2) is 60.7 Å². The molecule has 254 valence electrons. The van der Waals surface area contributed by atoms with E-state index in [0.717, 1.165) is 11.1 Å². The van der Waals surface area contributed by atoms with E-state index >= 15 is 0 Å². The second-order valence-corrected chi connectivity index (χ2v) is 13.1. The normalized spacial score (nSPS) is 16.7. The first-order valence-electron chi connectivity index (χ1n) is 15.8. The molecule has 0 unspecified atom stereocenters. The smallest absolute Gasteiger partial charge is 0.243 e. The van der Waals surface area contributed by atoms with Gasteiger partial charge >= 0.3 is 0 Å². The van der Waals surface area contributed by atoms with Crippen molar-refractivity contribution in [2.24, 2.45) is 11.7 Å². The molecule has 1 heterocycles. The second kappa shape index (κ2) is 18.7. The Morgan fingerprint density at radius 2 is 1.28 bits per heavy atom. The zero-order valence-corrected chi connectivity index (χ0v) is 27.9. The van der Waals surface area contributed by atoms with Crippen LogP contribution in [0.25, 0.3) is 0 Å². The summed E-state index contributed by atoms with van der Waals surface area (Å²) in [5.41, 5.74) is 7.08. The van der Waals surface area contributed by atoms with Crippen LogP contribution in [0.2, 0.25) is 0 Å². The zero-order valence-electron chi connectivity index (χ0n) is 27.1.